The van der Waals surface area contributed by atoms with Gasteiger partial charge in [-0.1, -0.05) is 11.6 Å². The Bertz CT molecular complexity index is 561. The van der Waals surface area contributed by atoms with E-state index in [4.69, 9.17) is 21.1 Å². The molecular formula is C16H19BrClNO3. The van der Waals surface area contributed by atoms with E-state index in [2.05, 4.69) is 20.8 Å². The van der Waals surface area contributed by atoms with E-state index in [1.54, 1.807) is 12.1 Å². The number of carbonyl (C=O) groups excluding carboxylic acids is 1. The van der Waals surface area contributed by atoms with Crippen LogP contribution >= 0.6 is 27.5 Å². The van der Waals surface area contributed by atoms with E-state index < -0.39 is 0 Å². The Labute approximate surface area is 143 Å². The van der Waals surface area contributed by atoms with Crippen molar-refractivity contribution < 1.29 is 14.3 Å². The first-order valence-electron chi connectivity index (χ1n) is 7.62. The van der Waals surface area contributed by atoms with Gasteiger partial charge in [0.1, 0.15) is 11.9 Å². The second kappa shape index (κ2) is 7.30. The Morgan fingerprint density at radius 3 is 2.86 bits per heavy atom. The summed E-state index contributed by atoms with van der Waals surface area (Å²) in [6, 6.07) is 3.46. The Hall–Kier alpha value is -0.620. The molecule has 0 saturated carbocycles. The van der Waals surface area contributed by atoms with Crippen molar-refractivity contribution in [3.8, 4) is 5.75 Å². The van der Waals surface area contributed by atoms with E-state index in [1.165, 1.54) is 0 Å². The summed E-state index contributed by atoms with van der Waals surface area (Å²) in [7, 11) is 0. The predicted octanol–water partition coefficient (Wildman–Crippen LogP) is 3.55. The number of nitrogens with zero attached hydrogens (tertiary/aromatic N) is 1. The van der Waals surface area contributed by atoms with Crippen LogP contribution in [-0.2, 0) is 4.74 Å². The Morgan fingerprint density at radius 1 is 1.32 bits per heavy atom. The molecule has 2 aliphatic rings. The van der Waals surface area contributed by atoms with Crippen molar-refractivity contribution in [2.75, 3.05) is 32.8 Å². The van der Waals surface area contributed by atoms with E-state index in [1.807, 2.05) is 0 Å². The molecular weight excluding hydrogens is 370 g/mol. The van der Waals surface area contributed by atoms with Gasteiger partial charge >= 0.3 is 0 Å². The Balaban J connectivity index is 1.57. The summed E-state index contributed by atoms with van der Waals surface area (Å²) < 4.78 is 12.1. The van der Waals surface area contributed by atoms with Crippen molar-refractivity contribution in [2.24, 2.45) is 0 Å². The van der Waals surface area contributed by atoms with Crippen LogP contribution < -0.4 is 4.74 Å². The van der Waals surface area contributed by atoms with E-state index in [9.17, 15) is 4.79 Å². The fourth-order valence-electron chi connectivity index (χ4n) is 2.94. The van der Waals surface area contributed by atoms with Crippen molar-refractivity contribution in [2.45, 2.75) is 25.4 Å². The van der Waals surface area contributed by atoms with E-state index in [0.29, 0.717) is 22.8 Å². The molecule has 0 amide bonds. The minimum absolute atomic E-state index is 0.0430. The lowest BCUT2D eigenvalue weighted by molar-refractivity contribution is 0.0353. The van der Waals surface area contributed by atoms with E-state index in [-0.39, 0.29) is 11.9 Å². The summed E-state index contributed by atoms with van der Waals surface area (Å²) in [4.78, 5) is 14.7. The number of morpholine rings is 1. The van der Waals surface area contributed by atoms with Gasteiger partial charge in [-0.05, 0) is 47.4 Å². The van der Waals surface area contributed by atoms with Gasteiger partial charge < -0.3 is 9.47 Å². The van der Waals surface area contributed by atoms with Gasteiger partial charge in [-0.15, -0.1) is 0 Å². The normalized spacial score (nSPS) is 22.3. The summed E-state index contributed by atoms with van der Waals surface area (Å²) in [5.74, 6) is 0.748. The molecule has 0 radical (unpaired) electrons. The maximum Gasteiger partial charge on any atom is 0.170 e. The second-order valence-corrected chi connectivity index (χ2v) is 7.02. The van der Waals surface area contributed by atoms with Gasteiger partial charge in [-0.3, -0.25) is 9.69 Å². The number of ketones is 1. The van der Waals surface area contributed by atoms with E-state index in [0.717, 1.165) is 50.2 Å². The number of ether oxygens (including phenoxy) is 2. The van der Waals surface area contributed by atoms with Crippen molar-refractivity contribution >= 4 is 33.3 Å². The maximum absolute atomic E-state index is 12.3. The molecule has 0 aliphatic carbocycles. The molecule has 0 aromatic heterocycles. The van der Waals surface area contributed by atoms with Crippen LogP contribution in [0.1, 0.15) is 29.6 Å². The molecule has 1 unspecified atom stereocenters. The maximum atomic E-state index is 12.3. The van der Waals surface area contributed by atoms with Crippen molar-refractivity contribution in [1.82, 2.24) is 4.90 Å². The molecule has 120 valence electrons. The van der Waals surface area contributed by atoms with Crippen molar-refractivity contribution in [1.29, 1.82) is 0 Å². The highest BCUT2D eigenvalue weighted by molar-refractivity contribution is 9.10. The topological polar surface area (TPSA) is 38.8 Å². The number of benzene rings is 1. The zero-order valence-electron chi connectivity index (χ0n) is 12.3. The van der Waals surface area contributed by atoms with Gasteiger partial charge in [0.15, 0.2) is 5.78 Å². The van der Waals surface area contributed by atoms with Crippen LogP contribution in [0.2, 0.25) is 5.02 Å². The van der Waals surface area contributed by atoms with Gasteiger partial charge in [-0.25, -0.2) is 0 Å². The predicted molar refractivity (Wildman–Crippen MR) is 89.0 cm³/mol. The average Bonchev–Trinajstić information content (AvgIpc) is 2.50. The molecule has 0 N–H and O–H groups in total. The molecule has 1 aromatic carbocycles. The third-order valence-electron chi connectivity index (χ3n) is 4.11. The number of fused-ring (bicyclic) bond motifs is 1. The lowest BCUT2D eigenvalue weighted by Crippen LogP contribution is -2.37. The highest BCUT2D eigenvalue weighted by atomic mass is 79.9. The van der Waals surface area contributed by atoms with Crippen LogP contribution in [-0.4, -0.2) is 49.6 Å². The molecule has 2 heterocycles. The Morgan fingerprint density at radius 2 is 2.09 bits per heavy atom. The number of rotatable bonds is 4. The van der Waals surface area contributed by atoms with Gasteiger partial charge in [0.05, 0.1) is 23.2 Å². The third kappa shape index (κ3) is 3.82. The summed E-state index contributed by atoms with van der Waals surface area (Å²) >= 11 is 9.43. The van der Waals surface area contributed by atoms with Crippen molar-refractivity contribution in [3.63, 3.8) is 0 Å². The van der Waals surface area contributed by atoms with Crippen LogP contribution in [0.15, 0.2) is 16.6 Å². The highest BCUT2D eigenvalue weighted by Gasteiger charge is 2.28. The summed E-state index contributed by atoms with van der Waals surface area (Å²) in [6.07, 6.45) is 2.30. The SMILES string of the molecule is O=C1CC(CCCN2CCOCC2)Oc2c(Br)cc(Cl)cc21. The molecule has 0 spiro atoms. The van der Waals surface area contributed by atoms with Gasteiger partial charge in [0.2, 0.25) is 0 Å². The zero-order valence-corrected chi connectivity index (χ0v) is 14.7. The first-order valence-corrected chi connectivity index (χ1v) is 8.79. The summed E-state index contributed by atoms with van der Waals surface area (Å²) in [5, 5.41) is 0.549. The number of carbonyl (C=O) groups is 1. The van der Waals surface area contributed by atoms with Crippen LogP contribution in [0.4, 0.5) is 0 Å². The second-order valence-electron chi connectivity index (χ2n) is 5.73. The smallest absolute Gasteiger partial charge is 0.170 e. The molecule has 0 bridgehead atoms. The van der Waals surface area contributed by atoms with E-state index >= 15 is 0 Å². The standard InChI is InChI=1S/C16H19BrClNO3/c17-14-9-11(18)8-13-15(20)10-12(22-16(13)14)2-1-3-19-4-6-21-7-5-19/h8-9,12H,1-7,10H2. The summed E-state index contributed by atoms with van der Waals surface area (Å²) in [5.41, 5.74) is 0.587. The monoisotopic (exact) mass is 387 g/mol. The number of hydrogen-bond acceptors (Lipinski definition) is 4. The molecule has 1 fully saturated rings. The van der Waals surface area contributed by atoms with Crippen LogP contribution in [0, 0.1) is 0 Å². The first kappa shape index (κ1) is 16.2. The van der Waals surface area contributed by atoms with Crippen LogP contribution in [0.25, 0.3) is 0 Å². The molecule has 4 nitrogen and oxygen atoms in total. The molecule has 1 atom stereocenters. The van der Waals surface area contributed by atoms with Crippen LogP contribution in [0.3, 0.4) is 0 Å². The first-order chi connectivity index (χ1) is 10.6. The molecule has 1 aromatic rings. The zero-order chi connectivity index (χ0) is 15.5. The fourth-order valence-corrected chi connectivity index (χ4v) is 3.84. The van der Waals surface area contributed by atoms with Crippen molar-refractivity contribution in [3.05, 3.63) is 27.2 Å². The molecule has 22 heavy (non-hydrogen) atoms. The Kier molecular flexibility index (Phi) is 5.39. The highest BCUT2D eigenvalue weighted by Crippen LogP contribution is 2.38. The average molecular weight is 389 g/mol. The molecule has 3 rings (SSSR count). The molecule has 2 aliphatic heterocycles. The quantitative estimate of drug-likeness (QED) is 0.791. The number of hydrogen-bond donors (Lipinski definition) is 0. The largest absolute Gasteiger partial charge is 0.488 e. The number of halogens is 2. The fraction of sp³-hybridized carbons (Fsp3) is 0.562. The lowest BCUT2D eigenvalue weighted by Gasteiger charge is -2.29. The molecule has 1 saturated heterocycles. The van der Waals surface area contributed by atoms with Gasteiger partial charge in [0, 0.05) is 24.5 Å². The minimum atomic E-state index is -0.0430. The molecule has 6 heteroatoms. The van der Waals surface area contributed by atoms with Crippen LogP contribution in [0.5, 0.6) is 5.75 Å². The third-order valence-corrected chi connectivity index (χ3v) is 4.92. The van der Waals surface area contributed by atoms with Gasteiger partial charge in [-0.2, -0.15) is 0 Å². The van der Waals surface area contributed by atoms with Gasteiger partial charge in [0.25, 0.3) is 0 Å². The number of Topliss-reactive ketones (excluding diaryl/α,β-unsaturated/α-hetero) is 1. The summed E-state index contributed by atoms with van der Waals surface area (Å²) in [6.45, 7) is 4.67. The minimum Gasteiger partial charge on any atom is -0.488 e. The lowest BCUT2D eigenvalue weighted by atomic mass is 9.98.